The number of aromatic nitrogens is 3. The number of benzene rings is 3. The van der Waals surface area contributed by atoms with Crippen LogP contribution in [-0.4, -0.2) is 33.5 Å². The van der Waals surface area contributed by atoms with Crippen molar-refractivity contribution >= 4 is 28.9 Å². The average molecular weight is 542 g/mol. The van der Waals surface area contributed by atoms with Crippen molar-refractivity contribution in [2.45, 2.75) is 32.1 Å². The highest BCUT2D eigenvalue weighted by Gasteiger charge is 2.22. The van der Waals surface area contributed by atoms with Crippen LogP contribution >= 0.6 is 11.6 Å². The Bertz CT molecular complexity index is 1650. The fraction of sp³-hybridized carbons (Fsp3) is 0.194. The van der Waals surface area contributed by atoms with Gasteiger partial charge in [-0.15, -0.1) is 0 Å². The molecule has 1 atom stereocenters. The molecule has 0 N–H and O–H groups in total. The minimum Gasteiger partial charge on any atom is -0.473 e. The summed E-state index contributed by atoms with van der Waals surface area (Å²) in [5, 5.41) is 0.344. The van der Waals surface area contributed by atoms with Gasteiger partial charge in [-0.25, -0.2) is 14.4 Å². The van der Waals surface area contributed by atoms with E-state index in [9.17, 15) is 9.18 Å². The summed E-state index contributed by atoms with van der Waals surface area (Å²) in [5.41, 5.74) is 5.65. The van der Waals surface area contributed by atoms with Crippen molar-refractivity contribution < 1.29 is 18.7 Å². The van der Waals surface area contributed by atoms with E-state index in [1.807, 2.05) is 36.4 Å². The summed E-state index contributed by atoms with van der Waals surface area (Å²) in [4.78, 5) is 20.8. The first kappa shape index (κ1) is 25.2. The lowest BCUT2D eigenvalue weighted by molar-refractivity contribution is -0.0589. The van der Waals surface area contributed by atoms with Crippen molar-refractivity contribution in [2.24, 2.45) is 0 Å². The Balaban J connectivity index is 1.19. The fourth-order valence-electron chi connectivity index (χ4n) is 4.66. The van der Waals surface area contributed by atoms with E-state index in [1.54, 1.807) is 24.3 Å². The maximum absolute atomic E-state index is 14.1. The SMILES string of the molecule is O=Cc1ccc2nc(Cc3ccc(-c4cccc(OCc5ccc(Cl)cc5F)n4)cc3)n(C[C@@H]3CCO3)c2c1. The number of nitrogens with zero attached hydrogens (tertiary/aromatic N) is 3. The van der Waals surface area contributed by atoms with E-state index in [-0.39, 0.29) is 12.7 Å². The molecule has 1 fully saturated rings. The molecule has 0 bridgehead atoms. The van der Waals surface area contributed by atoms with Gasteiger partial charge in [0.15, 0.2) is 0 Å². The van der Waals surface area contributed by atoms with Gasteiger partial charge < -0.3 is 14.0 Å². The highest BCUT2D eigenvalue weighted by molar-refractivity contribution is 6.30. The van der Waals surface area contributed by atoms with Gasteiger partial charge in [0.1, 0.15) is 24.5 Å². The van der Waals surface area contributed by atoms with Gasteiger partial charge in [0.2, 0.25) is 5.88 Å². The van der Waals surface area contributed by atoms with Crippen molar-refractivity contribution in [3.05, 3.63) is 112 Å². The van der Waals surface area contributed by atoms with Gasteiger partial charge >= 0.3 is 0 Å². The molecule has 0 unspecified atom stereocenters. The van der Waals surface area contributed by atoms with Crippen molar-refractivity contribution in [3.8, 4) is 17.1 Å². The molecule has 6 nitrogen and oxygen atoms in total. The molecule has 1 aliphatic rings. The van der Waals surface area contributed by atoms with Gasteiger partial charge in [0.25, 0.3) is 0 Å². The van der Waals surface area contributed by atoms with Gasteiger partial charge in [-0.3, -0.25) is 4.79 Å². The molecule has 1 aliphatic heterocycles. The van der Waals surface area contributed by atoms with Crippen LogP contribution in [0.15, 0.2) is 78.9 Å². The first-order valence-electron chi connectivity index (χ1n) is 12.7. The predicted octanol–water partition coefficient (Wildman–Crippen LogP) is 6.66. The summed E-state index contributed by atoms with van der Waals surface area (Å²) in [6.45, 7) is 1.55. The Morgan fingerprint density at radius 2 is 1.90 bits per heavy atom. The lowest BCUT2D eigenvalue weighted by Gasteiger charge is -2.27. The first-order chi connectivity index (χ1) is 19.1. The summed E-state index contributed by atoms with van der Waals surface area (Å²) in [6, 6.07) is 23.8. The molecular weight excluding hydrogens is 517 g/mol. The third-order valence-corrected chi connectivity index (χ3v) is 7.13. The topological polar surface area (TPSA) is 66.2 Å². The molecule has 0 radical (unpaired) electrons. The monoisotopic (exact) mass is 541 g/mol. The van der Waals surface area contributed by atoms with E-state index in [1.165, 1.54) is 6.07 Å². The smallest absolute Gasteiger partial charge is 0.214 e. The molecule has 3 heterocycles. The zero-order chi connectivity index (χ0) is 26.8. The van der Waals surface area contributed by atoms with Gasteiger partial charge in [-0.2, -0.15) is 0 Å². The molecule has 2 aromatic heterocycles. The molecule has 6 rings (SSSR count). The second-order valence-corrected chi connectivity index (χ2v) is 9.98. The van der Waals surface area contributed by atoms with Gasteiger partial charge in [0, 0.05) is 40.8 Å². The summed E-state index contributed by atoms with van der Waals surface area (Å²) < 4.78 is 27.7. The van der Waals surface area contributed by atoms with Crippen LogP contribution in [0.4, 0.5) is 4.39 Å². The van der Waals surface area contributed by atoms with Crippen molar-refractivity contribution in [2.75, 3.05) is 6.61 Å². The van der Waals surface area contributed by atoms with E-state index in [0.717, 1.165) is 53.0 Å². The van der Waals surface area contributed by atoms with E-state index in [2.05, 4.69) is 21.7 Å². The summed E-state index contributed by atoms with van der Waals surface area (Å²) in [7, 11) is 0. The van der Waals surface area contributed by atoms with E-state index in [0.29, 0.717) is 35.0 Å². The zero-order valence-electron chi connectivity index (χ0n) is 21.0. The number of rotatable bonds is 9. The van der Waals surface area contributed by atoms with Gasteiger partial charge in [-0.05, 0) is 48.4 Å². The minimum atomic E-state index is -0.410. The molecule has 3 aromatic carbocycles. The molecule has 1 saturated heterocycles. The molecule has 0 aliphatic carbocycles. The predicted molar refractivity (Wildman–Crippen MR) is 148 cm³/mol. The number of carbonyl (C=O) groups excluding carboxylic acids is 1. The quantitative estimate of drug-likeness (QED) is 0.195. The normalized spacial score (nSPS) is 14.8. The Kier molecular flexibility index (Phi) is 7.09. The molecule has 0 amide bonds. The Labute approximate surface area is 230 Å². The van der Waals surface area contributed by atoms with Crippen LogP contribution in [0, 0.1) is 5.82 Å². The molecule has 5 aromatic rings. The molecule has 8 heteroatoms. The maximum Gasteiger partial charge on any atom is 0.214 e. The number of hydrogen-bond donors (Lipinski definition) is 0. The standard InChI is InChI=1S/C31H25ClFN3O3/c32-24-10-9-23(26(33)16-24)19-39-31-3-1-2-27(35-31)22-7-4-20(5-8-22)15-30-34-28-11-6-21(18-37)14-29(28)36(30)17-25-12-13-38-25/h1-11,14,16,18,25H,12-13,15,17,19H2/t25-/m0/s1. The molecule has 196 valence electrons. The van der Waals surface area contributed by atoms with E-state index < -0.39 is 5.82 Å². The fourth-order valence-corrected chi connectivity index (χ4v) is 4.81. The molecular formula is C31H25ClFN3O3. The summed E-state index contributed by atoms with van der Waals surface area (Å²) >= 11 is 5.83. The van der Waals surface area contributed by atoms with Crippen LogP contribution in [0.2, 0.25) is 5.02 Å². The number of ether oxygens (including phenoxy) is 2. The van der Waals surface area contributed by atoms with Crippen molar-refractivity contribution in [1.82, 2.24) is 14.5 Å². The summed E-state index contributed by atoms with van der Waals surface area (Å²) in [5.74, 6) is 0.930. The number of hydrogen-bond acceptors (Lipinski definition) is 5. The average Bonchev–Trinajstić information content (AvgIpc) is 3.26. The van der Waals surface area contributed by atoms with E-state index in [4.69, 9.17) is 26.1 Å². The van der Waals surface area contributed by atoms with Crippen LogP contribution in [0.1, 0.15) is 33.7 Å². The van der Waals surface area contributed by atoms with Gasteiger partial charge in [-0.1, -0.05) is 48.0 Å². The first-order valence-corrected chi connectivity index (χ1v) is 13.1. The maximum atomic E-state index is 14.1. The number of imidazole rings is 1. The number of halogens is 2. The highest BCUT2D eigenvalue weighted by atomic mass is 35.5. The Hall–Kier alpha value is -4.07. The van der Waals surface area contributed by atoms with Gasteiger partial charge in [0.05, 0.1) is 29.4 Å². The molecule has 0 spiro atoms. The third kappa shape index (κ3) is 5.55. The van der Waals surface area contributed by atoms with Crippen molar-refractivity contribution in [3.63, 3.8) is 0 Å². The van der Waals surface area contributed by atoms with Crippen LogP contribution in [0.3, 0.4) is 0 Å². The van der Waals surface area contributed by atoms with Crippen LogP contribution in [0.25, 0.3) is 22.3 Å². The lowest BCUT2D eigenvalue weighted by atomic mass is 10.1. The Morgan fingerprint density at radius 3 is 2.64 bits per heavy atom. The largest absolute Gasteiger partial charge is 0.473 e. The Morgan fingerprint density at radius 1 is 1.05 bits per heavy atom. The number of aldehydes is 1. The number of pyridine rings is 1. The molecule has 39 heavy (non-hydrogen) atoms. The number of carbonyl (C=O) groups is 1. The highest BCUT2D eigenvalue weighted by Crippen LogP contribution is 2.26. The molecule has 0 saturated carbocycles. The summed E-state index contributed by atoms with van der Waals surface area (Å²) in [6.07, 6.45) is 2.69. The second kappa shape index (κ2) is 11.0. The van der Waals surface area contributed by atoms with Crippen LogP contribution in [-0.2, 0) is 24.3 Å². The van der Waals surface area contributed by atoms with Crippen molar-refractivity contribution in [1.29, 1.82) is 0 Å². The third-order valence-electron chi connectivity index (χ3n) is 6.89. The minimum absolute atomic E-state index is 0.0552. The lowest BCUT2D eigenvalue weighted by Crippen LogP contribution is -2.31. The number of fused-ring (bicyclic) bond motifs is 1. The van der Waals surface area contributed by atoms with E-state index >= 15 is 0 Å². The van der Waals surface area contributed by atoms with Crippen LogP contribution in [0.5, 0.6) is 5.88 Å². The zero-order valence-corrected chi connectivity index (χ0v) is 21.8. The second-order valence-electron chi connectivity index (χ2n) is 9.55. The van der Waals surface area contributed by atoms with Crippen LogP contribution < -0.4 is 4.74 Å².